The van der Waals surface area contributed by atoms with Gasteiger partial charge >= 0.3 is 6.03 Å². The van der Waals surface area contributed by atoms with Gasteiger partial charge in [-0.05, 0) is 19.4 Å². The number of nitrogens with one attached hydrogen (secondary N) is 2. The van der Waals surface area contributed by atoms with Crippen LogP contribution in [0.3, 0.4) is 0 Å². The molecule has 9 heteroatoms. The number of hydrogen-bond donors (Lipinski definition) is 4. The lowest BCUT2D eigenvalue weighted by molar-refractivity contribution is -0.138. The van der Waals surface area contributed by atoms with Gasteiger partial charge in [0.25, 0.3) is 5.91 Å². The number of rotatable bonds is 6. The lowest BCUT2D eigenvalue weighted by Gasteiger charge is -2.29. The Kier molecular flexibility index (Phi) is 8.76. The highest BCUT2D eigenvalue weighted by Gasteiger charge is 2.30. The molecule has 0 aliphatic carbocycles. The van der Waals surface area contributed by atoms with Gasteiger partial charge in [0.2, 0.25) is 11.9 Å². The maximum Gasteiger partial charge on any atom is 0.318 e. The van der Waals surface area contributed by atoms with Crippen molar-refractivity contribution in [2.45, 2.75) is 39.2 Å². The monoisotopic (exact) mass is 314 g/mol. The number of guanidine groups is 1. The molecular formula is C13H26N6O3. The van der Waals surface area contributed by atoms with Gasteiger partial charge in [-0.3, -0.25) is 20.2 Å². The predicted molar refractivity (Wildman–Crippen MR) is 84.0 cm³/mol. The number of urea groups is 1. The largest absolute Gasteiger partial charge is 0.351 e. The molecule has 0 spiro atoms. The van der Waals surface area contributed by atoms with Crippen LogP contribution in [0.4, 0.5) is 4.79 Å². The molecule has 1 heterocycles. The maximum absolute atomic E-state index is 12.0. The zero-order valence-corrected chi connectivity index (χ0v) is 12.1. The molecule has 0 radical (unpaired) electrons. The summed E-state index contributed by atoms with van der Waals surface area (Å²) in [5, 5.41) is 4.59. The molecule has 0 saturated carbocycles. The molecule has 0 bridgehead atoms. The Morgan fingerprint density at radius 3 is 2.64 bits per heavy atom. The number of carbonyl (C=O) groups excluding carboxylic acids is 3. The van der Waals surface area contributed by atoms with E-state index >= 15 is 0 Å². The number of primary amides is 1. The number of amides is 4. The highest BCUT2D eigenvalue weighted by Crippen LogP contribution is 2.07. The Morgan fingerprint density at radius 1 is 1.41 bits per heavy atom. The quantitative estimate of drug-likeness (QED) is 0.472. The van der Waals surface area contributed by atoms with E-state index in [0.717, 1.165) is 19.3 Å². The molecule has 1 rings (SSSR count). The normalized spacial score (nSPS) is 16.9. The van der Waals surface area contributed by atoms with E-state index in [2.05, 4.69) is 15.6 Å². The van der Waals surface area contributed by atoms with Crippen molar-refractivity contribution in [2.75, 3.05) is 20.1 Å². The Morgan fingerprint density at radius 2 is 2.09 bits per heavy atom. The van der Waals surface area contributed by atoms with E-state index in [4.69, 9.17) is 11.5 Å². The summed E-state index contributed by atoms with van der Waals surface area (Å²) in [5.74, 6) is -0.507. The second-order valence-corrected chi connectivity index (χ2v) is 4.79. The highest BCUT2D eigenvalue weighted by atomic mass is 16.2. The topological polar surface area (TPSA) is 143 Å². The van der Waals surface area contributed by atoms with Gasteiger partial charge in [0, 0.05) is 13.5 Å². The third-order valence-corrected chi connectivity index (χ3v) is 3.16. The average Bonchev–Trinajstić information content (AvgIpc) is 2.42. The first-order valence-corrected chi connectivity index (χ1v) is 6.83. The number of nitrogens with zero attached hydrogens (tertiary/aromatic N) is 2. The fraction of sp³-hybridized carbons (Fsp3) is 0.692. The maximum atomic E-state index is 12.0. The second-order valence-electron chi connectivity index (χ2n) is 4.79. The molecule has 1 aliphatic rings. The predicted octanol–water partition coefficient (Wildman–Crippen LogP) is -0.877. The molecule has 0 saturated heterocycles. The van der Waals surface area contributed by atoms with E-state index in [9.17, 15) is 14.4 Å². The third-order valence-electron chi connectivity index (χ3n) is 3.16. The van der Waals surface area contributed by atoms with Crippen molar-refractivity contribution in [1.29, 1.82) is 0 Å². The van der Waals surface area contributed by atoms with Crippen molar-refractivity contribution in [2.24, 2.45) is 16.5 Å². The molecule has 126 valence electrons. The van der Waals surface area contributed by atoms with Gasteiger partial charge in [-0.15, -0.1) is 0 Å². The first-order chi connectivity index (χ1) is 9.95. The minimum atomic E-state index is -0.808. The number of carbonyl (C=O) groups is 3. The fourth-order valence-corrected chi connectivity index (χ4v) is 1.93. The summed E-state index contributed by atoms with van der Waals surface area (Å²) in [5.41, 5.74) is 10.3. The highest BCUT2D eigenvalue weighted by molar-refractivity contribution is 6.07. The van der Waals surface area contributed by atoms with Crippen LogP contribution in [0.1, 0.15) is 33.1 Å². The van der Waals surface area contributed by atoms with Gasteiger partial charge < -0.3 is 16.4 Å². The molecule has 4 amide bonds. The van der Waals surface area contributed by atoms with E-state index in [-0.39, 0.29) is 25.8 Å². The van der Waals surface area contributed by atoms with Crippen LogP contribution in [0.5, 0.6) is 0 Å². The first kappa shape index (κ1) is 19.8. The van der Waals surface area contributed by atoms with Crippen molar-refractivity contribution in [3.63, 3.8) is 0 Å². The van der Waals surface area contributed by atoms with E-state index in [1.54, 1.807) is 7.05 Å². The molecule has 0 aromatic heterocycles. The van der Waals surface area contributed by atoms with Crippen LogP contribution in [0.15, 0.2) is 4.99 Å². The summed E-state index contributed by atoms with van der Waals surface area (Å²) >= 11 is 0. The number of aliphatic imine (C=N–C) groups is 1. The van der Waals surface area contributed by atoms with Crippen molar-refractivity contribution in [3.05, 3.63) is 0 Å². The summed E-state index contributed by atoms with van der Waals surface area (Å²) < 4.78 is 0. The van der Waals surface area contributed by atoms with Crippen LogP contribution in [-0.4, -0.2) is 54.9 Å². The van der Waals surface area contributed by atoms with E-state index in [0.29, 0.717) is 13.0 Å². The van der Waals surface area contributed by atoms with Gasteiger partial charge in [-0.1, -0.05) is 13.8 Å². The van der Waals surface area contributed by atoms with Crippen LogP contribution in [0.25, 0.3) is 0 Å². The Hall–Kier alpha value is -2.16. The van der Waals surface area contributed by atoms with Crippen LogP contribution in [-0.2, 0) is 9.59 Å². The lowest BCUT2D eigenvalue weighted by Crippen LogP contribution is -2.58. The molecule has 1 aliphatic heterocycles. The number of unbranched alkanes of at least 4 members (excludes halogenated alkanes) is 2. The summed E-state index contributed by atoms with van der Waals surface area (Å²) in [6, 6.07) is -1.48. The van der Waals surface area contributed by atoms with Gasteiger partial charge in [-0.2, -0.15) is 0 Å². The SMILES string of the molecule is C.CN(C(=O)CCCCCN)C1CN=C(NC(N)=O)NC1=O. The molecular weight excluding hydrogens is 288 g/mol. The van der Waals surface area contributed by atoms with E-state index in [1.807, 2.05) is 0 Å². The average molecular weight is 314 g/mol. The standard InChI is InChI=1S/C12H22N6O3.CH4/c1-18(9(19)5-3-2-4-6-13)8-7-15-12(16-10(8)20)17-11(14)21;/h8H,2-7,13H2,1H3,(H4,14,15,16,17,20,21);1H4. The molecule has 1 atom stereocenters. The first-order valence-electron chi connectivity index (χ1n) is 6.83. The zero-order valence-electron chi connectivity index (χ0n) is 12.1. The fourth-order valence-electron chi connectivity index (χ4n) is 1.93. The number of hydrogen-bond acceptors (Lipinski definition) is 5. The summed E-state index contributed by atoms with van der Waals surface area (Å²) in [6.45, 7) is 0.700. The molecule has 9 nitrogen and oxygen atoms in total. The molecule has 6 N–H and O–H groups in total. The second kappa shape index (κ2) is 9.72. The zero-order chi connectivity index (χ0) is 15.8. The van der Waals surface area contributed by atoms with Gasteiger partial charge in [0.15, 0.2) is 0 Å². The summed E-state index contributed by atoms with van der Waals surface area (Å²) in [7, 11) is 1.57. The summed E-state index contributed by atoms with van der Waals surface area (Å²) in [4.78, 5) is 39.9. The molecule has 0 aromatic carbocycles. The number of nitrogens with two attached hydrogens (primary N) is 2. The van der Waals surface area contributed by atoms with Crippen LogP contribution in [0, 0.1) is 0 Å². The van der Waals surface area contributed by atoms with E-state index in [1.165, 1.54) is 4.90 Å². The van der Waals surface area contributed by atoms with Gasteiger partial charge in [-0.25, -0.2) is 9.79 Å². The van der Waals surface area contributed by atoms with Crippen molar-refractivity contribution >= 4 is 23.8 Å². The van der Waals surface area contributed by atoms with Crippen LogP contribution in [0.2, 0.25) is 0 Å². The molecule has 0 fully saturated rings. The minimum absolute atomic E-state index is 0. The van der Waals surface area contributed by atoms with E-state index < -0.39 is 18.0 Å². The number of likely N-dealkylation sites (N-methyl/N-ethyl adjacent to an activating group) is 1. The minimum Gasteiger partial charge on any atom is -0.351 e. The molecule has 1 unspecified atom stereocenters. The van der Waals surface area contributed by atoms with Gasteiger partial charge in [0.05, 0.1) is 6.54 Å². The Bertz CT molecular complexity index is 437. The van der Waals surface area contributed by atoms with Crippen molar-refractivity contribution in [1.82, 2.24) is 15.5 Å². The van der Waals surface area contributed by atoms with Crippen molar-refractivity contribution < 1.29 is 14.4 Å². The molecule has 0 aromatic rings. The smallest absolute Gasteiger partial charge is 0.318 e. The lowest BCUT2D eigenvalue weighted by atomic mass is 10.1. The van der Waals surface area contributed by atoms with Crippen molar-refractivity contribution in [3.8, 4) is 0 Å². The van der Waals surface area contributed by atoms with Crippen LogP contribution < -0.4 is 22.1 Å². The Balaban J connectivity index is 0.00000441. The van der Waals surface area contributed by atoms with Crippen LogP contribution >= 0.6 is 0 Å². The summed E-state index contributed by atoms with van der Waals surface area (Å²) in [6.07, 6.45) is 2.88. The van der Waals surface area contributed by atoms with Gasteiger partial charge in [0.1, 0.15) is 6.04 Å². The molecule has 22 heavy (non-hydrogen) atoms. The third kappa shape index (κ3) is 6.08. The Labute approximate surface area is 130 Å².